The van der Waals surface area contributed by atoms with Crippen LogP contribution in [-0.4, -0.2) is 18.7 Å². The molecule has 4 nitrogen and oxygen atoms in total. The van der Waals surface area contributed by atoms with E-state index in [0.717, 1.165) is 25.7 Å². The summed E-state index contributed by atoms with van der Waals surface area (Å²) in [5.41, 5.74) is 11.4. The summed E-state index contributed by atoms with van der Waals surface area (Å²) in [6, 6.07) is 0. The Kier molecular flexibility index (Phi) is 8.08. The minimum atomic E-state index is -0.259. The lowest BCUT2D eigenvalue weighted by atomic mass is 10.3. The van der Waals surface area contributed by atoms with Gasteiger partial charge in [-0.25, -0.2) is 0 Å². The first kappa shape index (κ1) is 13.8. The molecule has 14 heavy (non-hydrogen) atoms. The largest absolute Gasteiger partial charge is 0.335 e. The monoisotopic (exact) mass is 204 g/mol. The second-order valence-corrected chi connectivity index (χ2v) is 3.38. The van der Waals surface area contributed by atoms with Gasteiger partial charge in [0.1, 0.15) is 12.5 Å². The summed E-state index contributed by atoms with van der Waals surface area (Å²) in [5, 5.41) is 0. The zero-order chi connectivity index (χ0) is 11.0. The van der Waals surface area contributed by atoms with Crippen LogP contribution in [0.2, 0.25) is 0 Å². The smallest absolute Gasteiger partial charge is 0.161 e. The lowest BCUT2D eigenvalue weighted by Crippen LogP contribution is -2.35. The first-order valence-corrected chi connectivity index (χ1v) is 5.46. The maximum Gasteiger partial charge on any atom is 0.161 e. The van der Waals surface area contributed by atoms with Gasteiger partial charge in [0.25, 0.3) is 0 Å². The van der Waals surface area contributed by atoms with Crippen molar-refractivity contribution in [2.24, 2.45) is 11.5 Å². The Morgan fingerprint density at radius 3 is 1.64 bits per heavy atom. The highest BCUT2D eigenvalue weighted by atomic mass is 16.7. The average molecular weight is 204 g/mol. The molecule has 4 N–H and O–H groups in total. The number of rotatable bonds is 8. The fourth-order valence-electron chi connectivity index (χ4n) is 0.986. The minimum Gasteiger partial charge on any atom is -0.335 e. The van der Waals surface area contributed by atoms with Gasteiger partial charge in [-0.3, -0.25) is 0 Å². The molecular weight excluding hydrogens is 180 g/mol. The molecule has 0 saturated carbocycles. The van der Waals surface area contributed by atoms with Gasteiger partial charge >= 0.3 is 0 Å². The molecule has 0 saturated heterocycles. The lowest BCUT2D eigenvalue weighted by molar-refractivity contribution is -0.196. The van der Waals surface area contributed by atoms with Crippen LogP contribution in [-0.2, 0) is 9.47 Å². The predicted octanol–water partition coefficient (Wildman–Crippen LogP) is 1.54. The van der Waals surface area contributed by atoms with Gasteiger partial charge < -0.3 is 20.9 Å². The summed E-state index contributed by atoms with van der Waals surface area (Å²) in [4.78, 5) is 0. The zero-order valence-corrected chi connectivity index (χ0v) is 9.53. The summed E-state index contributed by atoms with van der Waals surface area (Å²) in [5.74, 6) is 0. The third kappa shape index (κ3) is 6.32. The van der Waals surface area contributed by atoms with Crippen molar-refractivity contribution in [1.29, 1.82) is 0 Å². The normalized spacial score (nSPS) is 17.8. The molecule has 0 aromatic heterocycles. The van der Waals surface area contributed by atoms with Crippen LogP contribution in [0, 0.1) is 0 Å². The Bertz CT molecular complexity index is 121. The van der Waals surface area contributed by atoms with Crippen molar-refractivity contribution in [3.63, 3.8) is 0 Å². The molecule has 2 atom stereocenters. The molecule has 0 fully saturated rings. The third-order valence-corrected chi connectivity index (χ3v) is 1.98. The highest BCUT2D eigenvalue weighted by Gasteiger charge is 2.14. The molecule has 0 aromatic carbocycles. The molecule has 0 aliphatic heterocycles. The topological polar surface area (TPSA) is 70.5 Å². The Hall–Kier alpha value is -0.160. The van der Waals surface area contributed by atoms with E-state index in [-0.39, 0.29) is 18.7 Å². The van der Waals surface area contributed by atoms with Gasteiger partial charge in [-0.05, 0) is 19.3 Å². The quantitative estimate of drug-likeness (QED) is 0.588. The van der Waals surface area contributed by atoms with Crippen LogP contribution >= 0.6 is 0 Å². The SMILES string of the molecule is CCCC(OC(N)CC)OC(N)CC. The molecule has 0 bridgehead atoms. The van der Waals surface area contributed by atoms with Crippen molar-refractivity contribution < 1.29 is 9.47 Å². The fraction of sp³-hybridized carbons (Fsp3) is 1.00. The average Bonchev–Trinajstić information content (AvgIpc) is 2.17. The maximum atomic E-state index is 5.68. The van der Waals surface area contributed by atoms with E-state index in [4.69, 9.17) is 20.9 Å². The van der Waals surface area contributed by atoms with Crippen molar-refractivity contribution in [2.75, 3.05) is 0 Å². The van der Waals surface area contributed by atoms with Gasteiger partial charge in [-0.15, -0.1) is 0 Å². The molecule has 2 unspecified atom stereocenters. The van der Waals surface area contributed by atoms with E-state index in [1.807, 2.05) is 13.8 Å². The van der Waals surface area contributed by atoms with E-state index in [1.54, 1.807) is 0 Å². The molecule has 4 heteroatoms. The Morgan fingerprint density at radius 2 is 1.36 bits per heavy atom. The van der Waals surface area contributed by atoms with E-state index < -0.39 is 0 Å². The molecule has 0 radical (unpaired) electrons. The lowest BCUT2D eigenvalue weighted by Gasteiger charge is -2.24. The number of hydrogen-bond acceptors (Lipinski definition) is 4. The van der Waals surface area contributed by atoms with Gasteiger partial charge in [0.15, 0.2) is 6.29 Å². The van der Waals surface area contributed by atoms with Crippen molar-refractivity contribution in [3.8, 4) is 0 Å². The Labute approximate surface area is 86.9 Å². The van der Waals surface area contributed by atoms with Crippen LogP contribution < -0.4 is 11.5 Å². The van der Waals surface area contributed by atoms with Crippen molar-refractivity contribution in [2.45, 2.75) is 65.2 Å². The van der Waals surface area contributed by atoms with Crippen LogP contribution in [0.25, 0.3) is 0 Å². The first-order valence-electron chi connectivity index (χ1n) is 5.46. The zero-order valence-electron chi connectivity index (χ0n) is 9.53. The molecule has 0 heterocycles. The van der Waals surface area contributed by atoms with Crippen LogP contribution in [0.4, 0.5) is 0 Å². The van der Waals surface area contributed by atoms with E-state index in [9.17, 15) is 0 Å². The van der Waals surface area contributed by atoms with Crippen LogP contribution in [0.1, 0.15) is 46.5 Å². The van der Waals surface area contributed by atoms with E-state index in [1.165, 1.54) is 0 Å². The van der Waals surface area contributed by atoms with E-state index >= 15 is 0 Å². The van der Waals surface area contributed by atoms with Crippen LogP contribution in [0.3, 0.4) is 0 Å². The molecule has 0 aromatic rings. The van der Waals surface area contributed by atoms with E-state index in [0.29, 0.717) is 0 Å². The second kappa shape index (κ2) is 8.17. The molecule has 0 aliphatic carbocycles. The Morgan fingerprint density at radius 1 is 0.929 bits per heavy atom. The summed E-state index contributed by atoms with van der Waals surface area (Å²) in [6.45, 7) is 6.04. The van der Waals surface area contributed by atoms with Gasteiger partial charge in [-0.2, -0.15) is 0 Å². The van der Waals surface area contributed by atoms with Gasteiger partial charge in [0, 0.05) is 0 Å². The highest BCUT2D eigenvalue weighted by Crippen LogP contribution is 2.09. The standard InChI is InChI=1S/C10H24N2O2/c1-4-7-10(13-8(11)5-2)14-9(12)6-3/h8-10H,4-7,11-12H2,1-3H3. The Balaban J connectivity index is 3.88. The fourth-order valence-corrected chi connectivity index (χ4v) is 0.986. The third-order valence-electron chi connectivity index (χ3n) is 1.98. The molecule has 0 aliphatic rings. The number of ether oxygens (including phenoxy) is 2. The van der Waals surface area contributed by atoms with E-state index in [2.05, 4.69) is 6.92 Å². The molecule has 0 amide bonds. The second-order valence-electron chi connectivity index (χ2n) is 3.38. The maximum absolute atomic E-state index is 5.68. The summed E-state index contributed by atoms with van der Waals surface area (Å²) in [7, 11) is 0. The minimum absolute atomic E-state index is 0.254. The molecule has 0 rings (SSSR count). The van der Waals surface area contributed by atoms with Gasteiger partial charge in [0.2, 0.25) is 0 Å². The van der Waals surface area contributed by atoms with Gasteiger partial charge in [-0.1, -0.05) is 27.2 Å². The predicted molar refractivity (Wildman–Crippen MR) is 57.4 cm³/mol. The van der Waals surface area contributed by atoms with Crippen molar-refractivity contribution >= 4 is 0 Å². The first-order chi connectivity index (χ1) is 6.63. The summed E-state index contributed by atoms with van der Waals surface area (Å²) < 4.78 is 11.0. The van der Waals surface area contributed by atoms with Crippen LogP contribution in [0.15, 0.2) is 0 Å². The van der Waals surface area contributed by atoms with Gasteiger partial charge in [0.05, 0.1) is 0 Å². The summed E-state index contributed by atoms with van der Waals surface area (Å²) >= 11 is 0. The number of nitrogens with two attached hydrogens (primary N) is 2. The molecule has 0 spiro atoms. The van der Waals surface area contributed by atoms with Crippen molar-refractivity contribution in [1.82, 2.24) is 0 Å². The highest BCUT2D eigenvalue weighted by molar-refractivity contribution is 4.52. The summed E-state index contributed by atoms with van der Waals surface area (Å²) in [6.07, 6.45) is 2.63. The number of hydrogen-bond donors (Lipinski definition) is 2. The van der Waals surface area contributed by atoms with Crippen molar-refractivity contribution in [3.05, 3.63) is 0 Å². The molecule has 86 valence electrons. The molecular formula is C10H24N2O2. The van der Waals surface area contributed by atoms with Crippen LogP contribution in [0.5, 0.6) is 0 Å².